The number of rotatable bonds is 7. The van der Waals surface area contributed by atoms with Gasteiger partial charge in [0.05, 0.1) is 6.61 Å². The van der Waals surface area contributed by atoms with Crippen LogP contribution in [-0.2, 0) is 0 Å². The second kappa shape index (κ2) is 8.05. The molecule has 0 amide bonds. The summed E-state index contributed by atoms with van der Waals surface area (Å²) in [6, 6.07) is 6.93. The Kier molecular flexibility index (Phi) is 6.02. The number of phenols is 1. The van der Waals surface area contributed by atoms with Crippen LogP contribution in [0.1, 0.15) is 38.5 Å². The first-order valence-corrected chi connectivity index (χ1v) is 7.49. The molecular weight excluding hydrogens is 238 g/mol. The van der Waals surface area contributed by atoms with E-state index in [4.69, 9.17) is 9.84 Å². The summed E-state index contributed by atoms with van der Waals surface area (Å²) in [5.41, 5.74) is 0. The fourth-order valence-corrected chi connectivity index (χ4v) is 2.53. The monoisotopic (exact) mass is 263 g/mol. The van der Waals surface area contributed by atoms with E-state index in [-0.39, 0.29) is 5.75 Å². The largest absolute Gasteiger partial charge is 0.508 e. The van der Waals surface area contributed by atoms with Gasteiger partial charge in [0, 0.05) is 0 Å². The van der Waals surface area contributed by atoms with Gasteiger partial charge in [0.25, 0.3) is 0 Å². The van der Waals surface area contributed by atoms with Crippen molar-refractivity contribution in [2.75, 3.05) is 26.2 Å². The third-order valence-electron chi connectivity index (χ3n) is 3.67. The molecule has 1 aliphatic heterocycles. The Balaban J connectivity index is 1.49. The van der Waals surface area contributed by atoms with Crippen molar-refractivity contribution in [1.29, 1.82) is 0 Å². The van der Waals surface area contributed by atoms with Crippen molar-refractivity contribution in [1.82, 2.24) is 4.90 Å². The summed E-state index contributed by atoms with van der Waals surface area (Å²) >= 11 is 0. The van der Waals surface area contributed by atoms with E-state index >= 15 is 0 Å². The lowest BCUT2D eigenvalue weighted by atomic mass is 10.1. The maximum Gasteiger partial charge on any atom is 0.119 e. The molecule has 0 atom stereocenters. The van der Waals surface area contributed by atoms with Gasteiger partial charge in [0.2, 0.25) is 0 Å². The molecule has 1 N–H and O–H groups in total. The molecule has 0 spiro atoms. The van der Waals surface area contributed by atoms with Crippen LogP contribution in [0.5, 0.6) is 11.5 Å². The van der Waals surface area contributed by atoms with Crippen LogP contribution in [0.25, 0.3) is 0 Å². The molecule has 1 saturated heterocycles. The number of likely N-dealkylation sites (tertiary alicyclic amines) is 1. The quantitative estimate of drug-likeness (QED) is 0.765. The van der Waals surface area contributed by atoms with Gasteiger partial charge >= 0.3 is 0 Å². The van der Waals surface area contributed by atoms with Crippen LogP contribution in [0.3, 0.4) is 0 Å². The minimum Gasteiger partial charge on any atom is -0.508 e. The predicted octanol–water partition coefficient (Wildman–Crippen LogP) is 3.43. The van der Waals surface area contributed by atoms with Gasteiger partial charge in [-0.25, -0.2) is 0 Å². The lowest BCUT2D eigenvalue weighted by molar-refractivity contribution is 0.221. The Bertz CT molecular complexity index is 344. The number of hydrogen-bond donors (Lipinski definition) is 1. The molecule has 0 bridgehead atoms. The highest BCUT2D eigenvalue weighted by Gasteiger charge is 2.08. The fraction of sp³-hybridized carbons (Fsp3) is 0.625. The Hall–Kier alpha value is -1.22. The van der Waals surface area contributed by atoms with Gasteiger partial charge in [0.1, 0.15) is 11.5 Å². The first-order chi connectivity index (χ1) is 9.34. The van der Waals surface area contributed by atoms with E-state index in [2.05, 4.69) is 4.90 Å². The van der Waals surface area contributed by atoms with Gasteiger partial charge in [-0.2, -0.15) is 0 Å². The average Bonchev–Trinajstić information content (AvgIpc) is 2.46. The fourth-order valence-electron chi connectivity index (χ4n) is 2.53. The third kappa shape index (κ3) is 5.52. The van der Waals surface area contributed by atoms with E-state index in [0.29, 0.717) is 0 Å². The van der Waals surface area contributed by atoms with E-state index in [1.807, 2.05) is 12.1 Å². The van der Waals surface area contributed by atoms with E-state index in [9.17, 15) is 0 Å². The molecule has 0 aliphatic carbocycles. The van der Waals surface area contributed by atoms with Crippen molar-refractivity contribution in [3.8, 4) is 11.5 Å². The maximum atomic E-state index is 9.16. The zero-order valence-corrected chi connectivity index (χ0v) is 11.7. The topological polar surface area (TPSA) is 32.7 Å². The van der Waals surface area contributed by atoms with Crippen molar-refractivity contribution >= 4 is 0 Å². The van der Waals surface area contributed by atoms with Crippen LogP contribution in [-0.4, -0.2) is 36.2 Å². The summed E-state index contributed by atoms with van der Waals surface area (Å²) in [4.78, 5) is 2.59. The van der Waals surface area contributed by atoms with Gasteiger partial charge in [-0.05, 0) is 76.0 Å². The molecule has 0 aromatic heterocycles. The van der Waals surface area contributed by atoms with E-state index in [1.54, 1.807) is 12.1 Å². The highest BCUT2D eigenvalue weighted by atomic mass is 16.5. The summed E-state index contributed by atoms with van der Waals surface area (Å²) in [5.74, 6) is 1.13. The van der Waals surface area contributed by atoms with Crippen LogP contribution in [0.4, 0.5) is 0 Å². The highest BCUT2D eigenvalue weighted by molar-refractivity contribution is 5.29. The molecule has 1 heterocycles. The summed E-state index contributed by atoms with van der Waals surface area (Å²) in [7, 11) is 0. The molecule has 106 valence electrons. The standard InChI is InChI=1S/C16H25NO2/c18-15-7-9-16(10-8-15)19-14-6-2-5-13-17-11-3-1-4-12-17/h7-10,18H,1-6,11-14H2. The number of benzene rings is 1. The smallest absolute Gasteiger partial charge is 0.119 e. The Morgan fingerprint density at radius 3 is 2.42 bits per heavy atom. The Labute approximate surface area is 116 Å². The van der Waals surface area contributed by atoms with Crippen molar-refractivity contribution in [2.24, 2.45) is 0 Å². The Morgan fingerprint density at radius 1 is 0.947 bits per heavy atom. The number of phenolic OH excluding ortho intramolecular Hbond substituents is 1. The molecule has 1 aromatic rings. The molecule has 0 unspecified atom stereocenters. The summed E-state index contributed by atoms with van der Waals surface area (Å²) in [6.45, 7) is 4.61. The number of hydrogen-bond acceptors (Lipinski definition) is 3. The van der Waals surface area contributed by atoms with Crippen LogP contribution in [0.15, 0.2) is 24.3 Å². The van der Waals surface area contributed by atoms with Gasteiger partial charge in [-0.15, -0.1) is 0 Å². The maximum absolute atomic E-state index is 9.16. The minimum absolute atomic E-state index is 0.286. The molecule has 19 heavy (non-hydrogen) atoms. The molecule has 3 heteroatoms. The lowest BCUT2D eigenvalue weighted by Gasteiger charge is -2.26. The van der Waals surface area contributed by atoms with E-state index in [0.717, 1.165) is 18.8 Å². The van der Waals surface area contributed by atoms with Gasteiger partial charge in [-0.3, -0.25) is 0 Å². The van der Waals surface area contributed by atoms with Gasteiger partial charge in [-0.1, -0.05) is 6.42 Å². The van der Waals surface area contributed by atoms with Crippen LogP contribution >= 0.6 is 0 Å². The molecule has 2 rings (SSSR count). The molecule has 1 aliphatic rings. The van der Waals surface area contributed by atoms with Crippen molar-refractivity contribution < 1.29 is 9.84 Å². The highest BCUT2D eigenvalue weighted by Crippen LogP contribution is 2.16. The molecule has 1 aromatic carbocycles. The van der Waals surface area contributed by atoms with Crippen LogP contribution in [0, 0.1) is 0 Å². The van der Waals surface area contributed by atoms with Crippen LogP contribution < -0.4 is 4.74 Å². The Morgan fingerprint density at radius 2 is 1.68 bits per heavy atom. The zero-order chi connectivity index (χ0) is 13.3. The second-order valence-corrected chi connectivity index (χ2v) is 5.31. The summed E-state index contributed by atoms with van der Waals surface area (Å²) < 4.78 is 5.63. The zero-order valence-electron chi connectivity index (χ0n) is 11.7. The lowest BCUT2D eigenvalue weighted by Crippen LogP contribution is -2.30. The number of aromatic hydroxyl groups is 1. The van der Waals surface area contributed by atoms with Crippen molar-refractivity contribution in [3.63, 3.8) is 0 Å². The molecule has 0 saturated carbocycles. The van der Waals surface area contributed by atoms with E-state index in [1.165, 1.54) is 51.7 Å². The number of piperidine rings is 1. The first kappa shape index (κ1) is 14.2. The molecule has 0 radical (unpaired) electrons. The second-order valence-electron chi connectivity index (χ2n) is 5.31. The van der Waals surface area contributed by atoms with Crippen molar-refractivity contribution in [2.45, 2.75) is 38.5 Å². The number of unbranched alkanes of at least 4 members (excludes halogenated alkanes) is 2. The number of nitrogens with zero attached hydrogens (tertiary/aromatic N) is 1. The SMILES string of the molecule is Oc1ccc(OCCCCCN2CCCCC2)cc1. The summed E-state index contributed by atoms with van der Waals surface area (Å²) in [6.07, 6.45) is 7.78. The van der Waals surface area contributed by atoms with Crippen molar-refractivity contribution in [3.05, 3.63) is 24.3 Å². The normalized spacial score (nSPS) is 16.4. The van der Waals surface area contributed by atoms with Gasteiger partial charge < -0.3 is 14.7 Å². The molecular formula is C16H25NO2. The summed E-state index contributed by atoms with van der Waals surface area (Å²) in [5, 5.41) is 9.16. The van der Waals surface area contributed by atoms with Crippen LogP contribution in [0.2, 0.25) is 0 Å². The number of ether oxygens (including phenoxy) is 1. The molecule has 3 nitrogen and oxygen atoms in total. The van der Waals surface area contributed by atoms with E-state index < -0.39 is 0 Å². The first-order valence-electron chi connectivity index (χ1n) is 7.49. The predicted molar refractivity (Wildman–Crippen MR) is 77.7 cm³/mol. The third-order valence-corrected chi connectivity index (χ3v) is 3.67. The minimum atomic E-state index is 0.286. The van der Waals surface area contributed by atoms with Gasteiger partial charge in [0.15, 0.2) is 0 Å². The molecule has 1 fully saturated rings. The average molecular weight is 263 g/mol.